The highest BCUT2D eigenvalue weighted by Gasteiger charge is 2.38. The molecule has 0 bridgehead atoms. The Kier molecular flexibility index (Phi) is 4.70. The molecule has 3 rings (SSSR count). The lowest BCUT2D eigenvalue weighted by Gasteiger charge is -2.37. The Morgan fingerprint density at radius 2 is 2.18 bits per heavy atom. The van der Waals surface area contributed by atoms with Crippen molar-refractivity contribution in [3.63, 3.8) is 0 Å². The minimum absolute atomic E-state index is 0.112. The third-order valence-corrected chi connectivity index (χ3v) is 4.86. The molecule has 2 aliphatic rings. The van der Waals surface area contributed by atoms with Crippen LogP contribution in [0.5, 0.6) is 0 Å². The lowest BCUT2D eigenvalue weighted by Crippen LogP contribution is -2.53. The summed E-state index contributed by atoms with van der Waals surface area (Å²) in [5, 5.41) is 0. The fourth-order valence-electron chi connectivity index (χ4n) is 2.79. The Morgan fingerprint density at radius 3 is 2.86 bits per heavy atom. The molecular weight excluding hydrogens is 312 g/mol. The second-order valence-electron chi connectivity index (χ2n) is 5.74. The van der Waals surface area contributed by atoms with E-state index in [9.17, 15) is 13.6 Å². The van der Waals surface area contributed by atoms with E-state index in [-0.39, 0.29) is 31.8 Å². The van der Waals surface area contributed by atoms with Crippen molar-refractivity contribution >= 4 is 17.2 Å². The molecule has 0 spiro atoms. The number of amides is 1. The first-order valence-electron chi connectivity index (χ1n) is 7.41. The van der Waals surface area contributed by atoms with Gasteiger partial charge in [-0.15, -0.1) is 11.3 Å². The van der Waals surface area contributed by atoms with E-state index in [1.54, 1.807) is 16.8 Å². The van der Waals surface area contributed by atoms with Gasteiger partial charge >= 0.3 is 0 Å². The fraction of sp³-hybridized carbons (Fsp3) is 0.714. The summed E-state index contributed by atoms with van der Waals surface area (Å²) in [6, 6.07) is 0. The molecule has 0 aliphatic carbocycles. The average molecular weight is 331 g/mol. The van der Waals surface area contributed by atoms with Gasteiger partial charge in [-0.1, -0.05) is 0 Å². The van der Waals surface area contributed by atoms with Crippen molar-refractivity contribution in [2.45, 2.75) is 31.4 Å². The van der Waals surface area contributed by atoms with Crippen LogP contribution < -0.4 is 0 Å². The van der Waals surface area contributed by atoms with Crippen molar-refractivity contribution < 1.29 is 18.3 Å². The number of carbonyl (C=O) groups is 1. The number of hydrogen-bond donors (Lipinski definition) is 0. The monoisotopic (exact) mass is 331 g/mol. The van der Waals surface area contributed by atoms with Gasteiger partial charge in [-0.3, -0.25) is 14.7 Å². The van der Waals surface area contributed by atoms with Gasteiger partial charge in [-0.05, 0) is 0 Å². The second-order valence-corrected chi connectivity index (χ2v) is 6.71. The van der Waals surface area contributed by atoms with E-state index in [0.717, 1.165) is 18.0 Å². The van der Waals surface area contributed by atoms with Crippen LogP contribution in [0, 0.1) is 0 Å². The Balaban J connectivity index is 1.54. The van der Waals surface area contributed by atoms with Crippen molar-refractivity contribution in [3.8, 4) is 0 Å². The van der Waals surface area contributed by atoms with E-state index in [2.05, 4.69) is 9.88 Å². The summed E-state index contributed by atoms with van der Waals surface area (Å²) >= 11 is 1.58. The zero-order chi connectivity index (χ0) is 15.6. The molecule has 2 fully saturated rings. The molecule has 122 valence electrons. The predicted octanol–water partition coefficient (Wildman–Crippen LogP) is 1.60. The fourth-order valence-corrected chi connectivity index (χ4v) is 3.43. The van der Waals surface area contributed by atoms with Gasteiger partial charge in [0.1, 0.15) is 6.10 Å². The number of ether oxygens (including phenoxy) is 1. The molecule has 1 amide bonds. The highest BCUT2D eigenvalue weighted by molar-refractivity contribution is 7.09. The molecule has 1 aromatic rings. The third kappa shape index (κ3) is 3.80. The lowest BCUT2D eigenvalue weighted by atomic mass is 10.1. The molecule has 1 atom stereocenters. The van der Waals surface area contributed by atoms with Gasteiger partial charge in [0.2, 0.25) is 0 Å². The number of carbonyl (C=O) groups excluding carboxylic acids is 1. The maximum atomic E-state index is 13.2. The lowest BCUT2D eigenvalue weighted by molar-refractivity contribution is -0.155. The minimum atomic E-state index is -2.64. The predicted molar refractivity (Wildman–Crippen MR) is 77.9 cm³/mol. The van der Waals surface area contributed by atoms with Crippen molar-refractivity contribution in [3.05, 3.63) is 16.6 Å². The number of aromatic nitrogens is 1. The van der Waals surface area contributed by atoms with Crippen molar-refractivity contribution in [2.24, 2.45) is 0 Å². The summed E-state index contributed by atoms with van der Waals surface area (Å²) in [6.45, 7) is 2.72. The zero-order valence-electron chi connectivity index (χ0n) is 12.2. The summed E-state index contributed by atoms with van der Waals surface area (Å²) in [6.07, 6.45) is 0.767. The molecule has 1 aromatic heterocycles. The molecule has 0 radical (unpaired) electrons. The van der Waals surface area contributed by atoms with E-state index < -0.39 is 12.0 Å². The molecule has 5 nitrogen and oxygen atoms in total. The quantitative estimate of drug-likeness (QED) is 0.844. The molecule has 2 aliphatic heterocycles. The zero-order valence-corrected chi connectivity index (χ0v) is 13.0. The van der Waals surface area contributed by atoms with Crippen LogP contribution in [-0.2, 0) is 16.1 Å². The van der Waals surface area contributed by atoms with Gasteiger partial charge in [-0.25, -0.2) is 8.78 Å². The van der Waals surface area contributed by atoms with E-state index in [1.165, 1.54) is 4.90 Å². The largest absolute Gasteiger partial charge is 0.366 e. The van der Waals surface area contributed by atoms with Crippen LogP contribution in [0.4, 0.5) is 8.78 Å². The van der Waals surface area contributed by atoms with Crippen LogP contribution in [0.15, 0.2) is 11.7 Å². The Bertz CT molecular complexity index is 502. The first-order chi connectivity index (χ1) is 10.5. The Labute approximate surface area is 131 Å². The van der Waals surface area contributed by atoms with Gasteiger partial charge in [-0.2, -0.15) is 0 Å². The number of morpholine rings is 1. The van der Waals surface area contributed by atoms with Crippen LogP contribution >= 0.6 is 11.3 Å². The highest BCUT2D eigenvalue weighted by Crippen LogP contribution is 2.28. The molecule has 22 heavy (non-hydrogen) atoms. The van der Waals surface area contributed by atoms with E-state index in [1.807, 2.05) is 6.20 Å². The van der Waals surface area contributed by atoms with Crippen LogP contribution in [0.1, 0.15) is 17.7 Å². The molecular formula is C14H19F2N3O2S. The molecule has 2 saturated heterocycles. The number of alkyl halides is 2. The summed E-state index contributed by atoms with van der Waals surface area (Å²) < 4.78 is 31.9. The van der Waals surface area contributed by atoms with Gasteiger partial charge in [0.15, 0.2) is 0 Å². The Hall–Kier alpha value is -1.12. The second kappa shape index (κ2) is 6.55. The topological polar surface area (TPSA) is 45.7 Å². The number of thiazole rings is 1. The van der Waals surface area contributed by atoms with E-state index in [4.69, 9.17) is 4.74 Å². The van der Waals surface area contributed by atoms with E-state index in [0.29, 0.717) is 13.2 Å². The smallest absolute Gasteiger partial charge is 0.253 e. The molecule has 0 aromatic carbocycles. The molecule has 8 heteroatoms. The first kappa shape index (κ1) is 15.8. The maximum absolute atomic E-state index is 13.2. The normalized spacial score (nSPS) is 26.1. The van der Waals surface area contributed by atoms with Crippen molar-refractivity contribution in [2.75, 3.05) is 32.8 Å². The SMILES string of the molecule is O=C(C1CN(Cc2cncs2)CCO1)N1CCC(F)(F)CC1. The highest BCUT2D eigenvalue weighted by atomic mass is 32.1. The van der Waals surface area contributed by atoms with Crippen molar-refractivity contribution in [1.29, 1.82) is 0 Å². The van der Waals surface area contributed by atoms with Crippen LogP contribution in [-0.4, -0.2) is 65.5 Å². The number of likely N-dealkylation sites (tertiary alicyclic amines) is 1. The average Bonchev–Trinajstić information content (AvgIpc) is 3.00. The summed E-state index contributed by atoms with van der Waals surface area (Å²) in [5.74, 6) is -2.80. The number of halogens is 2. The number of piperidine rings is 1. The molecule has 3 heterocycles. The number of rotatable bonds is 3. The van der Waals surface area contributed by atoms with Crippen molar-refractivity contribution in [1.82, 2.24) is 14.8 Å². The summed E-state index contributed by atoms with van der Waals surface area (Å²) in [7, 11) is 0. The van der Waals surface area contributed by atoms with Gasteiger partial charge in [0.25, 0.3) is 11.8 Å². The maximum Gasteiger partial charge on any atom is 0.253 e. The van der Waals surface area contributed by atoms with E-state index >= 15 is 0 Å². The third-order valence-electron chi connectivity index (χ3n) is 4.10. The number of nitrogens with zero attached hydrogens (tertiary/aromatic N) is 3. The minimum Gasteiger partial charge on any atom is -0.366 e. The molecule has 0 N–H and O–H groups in total. The van der Waals surface area contributed by atoms with Gasteiger partial charge in [0.05, 0.1) is 12.1 Å². The Morgan fingerprint density at radius 1 is 1.41 bits per heavy atom. The summed E-state index contributed by atoms with van der Waals surface area (Å²) in [4.78, 5) is 21.3. The number of hydrogen-bond acceptors (Lipinski definition) is 5. The van der Waals surface area contributed by atoms with Crippen LogP contribution in [0.25, 0.3) is 0 Å². The first-order valence-corrected chi connectivity index (χ1v) is 8.29. The van der Waals surface area contributed by atoms with Gasteiger partial charge < -0.3 is 9.64 Å². The van der Waals surface area contributed by atoms with Crippen LogP contribution in [0.3, 0.4) is 0 Å². The van der Waals surface area contributed by atoms with Gasteiger partial charge in [0, 0.05) is 56.6 Å². The van der Waals surface area contributed by atoms with Crippen LogP contribution in [0.2, 0.25) is 0 Å². The molecule has 0 saturated carbocycles. The molecule has 1 unspecified atom stereocenters. The standard InChI is InChI=1S/C14H19F2N3O2S/c15-14(16)1-3-19(4-2-14)13(20)12-9-18(5-6-21-12)8-11-7-17-10-22-11/h7,10,12H,1-6,8-9H2. The summed E-state index contributed by atoms with van der Waals surface area (Å²) in [5.41, 5.74) is 1.78.